The van der Waals surface area contributed by atoms with Crippen LogP contribution in [-0.2, 0) is 13.6 Å². The van der Waals surface area contributed by atoms with Crippen LogP contribution in [0.4, 0.5) is 5.95 Å². The van der Waals surface area contributed by atoms with Crippen molar-refractivity contribution in [3.05, 3.63) is 40.8 Å². The molecule has 3 heterocycles. The second-order valence-electron chi connectivity index (χ2n) is 4.92. The minimum absolute atomic E-state index is 0.0426. The van der Waals surface area contributed by atoms with Crippen molar-refractivity contribution < 1.29 is 4.79 Å². The Morgan fingerprint density at radius 1 is 1.39 bits per heavy atom. The molecular weight excluding hydrogens is 314 g/mol. The highest BCUT2D eigenvalue weighted by Crippen LogP contribution is 2.22. The van der Waals surface area contributed by atoms with Crippen molar-refractivity contribution in [2.75, 3.05) is 5.73 Å². The van der Waals surface area contributed by atoms with Gasteiger partial charge < -0.3 is 11.1 Å². The molecule has 0 spiro atoms. The molecule has 3 rings (SSSR count). The first-order valence-corrected chi connectivity index (χ1v) is 7.73. The number of anilines is 1. The lowest BCUT2D eigenvalue weighted by molar-refractivity contribution is 0.0945. The highest BCUT2D eigenvalue weighted by Gasteiger charge is 2.14. The molecule has 1 amide bonds. The van der Waals surface area contributed by atoms with Crippen LogP contribution in [0.3, 0.4) is 0 Å². The molecule has 0 aliphatic heterocycles. The van der Waals surface area contributed by atoms with Crippen LogP contribution in [0.15, 0.2) is 23.7 Å². The number of carbonyl (C=O) groups excluding carboxylic acids is 1. The van der Waals surface area contributed by atoms with Crippen LogP contribution in [0.2, 0.25) is 0 Å². The second kappa shape index (κ2) is 6.13. The van der Waals surface area contributed by atoms with Gasteiger partial charge in [-0.1, -0.05) is 0 Å². The number of aromatic nitrogens is 5. The zero-order valence-electron chi connectivity index (χ0n) is 12.6. The summed E-state index contributed by atoms with van der Waals surface area (Å²) in [4.78, 5) is 24.8. The smallest absolute Gasteiger partial charge is 0.270 e. The maximum Gasteiger partial charge on any atom is 0.270 e. The van der Waals surface area contributed by atoms with Gasteiger partial charge >= 0.3 is 0 Å². The standard InChI is InChI=1S/C14H15N7OS/c1-8-7-23-13(18-8)11-5-10(19-14(15)20-11)12(22)16-6-9-3-4-17-21(9)2/h3-5,7H,6H2,1-2H3,(H,16,22)(H2,15,19,20). The number of rotatable bonds is 4. The molecule has 0 radical (unpaired) electrons. The summed E-state index contributed by atoms with van der Waals surface area (Å²) in [7, 11) is 1.81. The molecule has 118 valence electrons. The topological polar surface area (TPSA) is 112 Å². The van der Waals surface area contributed by atoms with Gasteiger partial charge in [-0.3, -0.25) is 9.48 Å². The number of hydrogen-bond donors (Lipinski definition) is 2. The third-order valence-electron chi connectivity index (χ3n) is 3.17. The van der Waals surface area contributed by atoms with E-state index in [-0.39, 0.29) is 17.5 Å². The number of aryl methyl sites for hydroxylation is 2. The van der Waals surface area contributed by atoms with E-state index in [2.05, 4.69) is 25.4 Å². The van der Waals surface area contributed by atoms with E-state index < -0.39 is 0 Å². The van der Waals surface area contributed by atoms with Gasteiger partial charge in [0, 0.05) is 24.3 Å². The minimum atomic E-state index is -0.324. The summed E-state index contributed by atoms with van der Waals surface area (Å²) >= 11 is 1.44. The molecule has 8 nitrogen and oxygen atoms in total. The molecule has 23 heavy (non-hydrogen) atoms. The summed E-state index contributed by atoms with van der Waals surface area (Å²) in [5, 5.41) is 9.46. The number of nitrogens with zero attached hydrogens (tertiary/aromatic N) is 5. The van der Waals surface area contributed by atoms with Gasteiger partial charge in [-0.15, -0.1) is 11.3 Å². The Kier molecular flexibility index (Phi) is 4.02. The molecule has 0 saturated carbocycles. The molecule has 0 atom stereocenters. The first-order valence-electron chi connectivity index (χ1n) is 6.85. The third kappa shape index (κ3) is 3.34. The normalized spacial score (nSPS) is 10.7. The summed E-state index contributed by atoms with van der Waals surface area (Å²) in [5.74, 6) is -0.282. The minimum Gasteiger partial charge on any atom is -0.368 e. The predicted octanol–water partition coefficient (Wildman–Crippen LogP) is 1.15. The molecule has 0 bridgehead atoms. The molecule has 0 saturated heterocycles. The van der Waals surface area contributed by atoms with Crippen LogP contribution >= 0.6 is 11.3 Å². The van der Waals surface area contributed by atoms with Crippen LogP contribution in [0, 0.1) is 6.92 Å². The zero-order chi connectivity index (χ0) is 16.4. The molecular formula is C14H15N7OS. The number of carbonyl (C=O) groups is 1. The van der Waals surface area contributed by atoms with Gasteiger partial charge in [0.15, 0.2) is 0 Å². The molecule has 0 aliphatic carbocycles. The van der Waals surface area contributed by atoms with Crippen LogP contribution in [0.25, 0.3) is 10.7 Å². The van der Waals surface area contributed by atoms with E-state index >= 15 is 0 Å². The van der Waals surface area contributed by atoms with E-state index in [0.717, 1.165) is 11.4 Å². The van der Waals surface area contributed by atoms with Crippen LogP contribution in [0.5, 0.6) is 0 Å². The van der Waals surface area contributed by atoms with Gasteiger partial charge in [-0.05, 0) is 19.1 Å². The summed E-state index contributed by atoms with van der Waals surface area (Å²) in [5.41, 5.74) is 8.25. The summed E-state index contributed by atoms with van der Waals surface area (Å²) in [6, 6.07) is 3.42. The molecule has 0 fully saturated rings. The Labute approximate surface area is 136 Å². The van der Waals surface area contributed by atoms with Crippen molar-refractivity contribution >= 4 is 23.2 Å². The fourth-order valence-corrected chi connectivity index (χ4v) is 2.76. The average molecular weight is 329 g/mol. The largest absolute Gasteiger partial charge is 0.368 e. The number of nitrogens with one attached hydrogen (secondary N) is 1. The third-order valence-corrected chi connectivity index (χ3v) is 4.15. The SMILES string of the molecule is Cc1csc(-c2cc(C(=O)NCc3ccnn3C)nc(N)n2)n1. The number of nitrogens with two attached hydrogens (primary N) is 1. The number of nitrogen functional groups attached to an aromatic ring is 1. The highest BCUT2D eigenvalue weighted by atomic mass is 32.1. The van der Waals surface area contributed by atoms with Crippen LogP contribution < -0.4 is 11.1 Å². The Hall–Kier alpha value is -2.81. The maximum absolute atomic E-state index is 12.3. The fraction of sp³-hybridized carbons (Fsp3) is 0.214. The van der Waals surface area contributed by atoms with Crippen LogP contribution in [-0.4, -0.2) is 30.6 Å². The van der Waals surface area contributed by atoms with Gasteiger partial charge in [0.05, 0.1) is 12.2 Å². The molecule has 0 aliphatic rings. The summed E-state index contributed by atoms with van der Waals surface area (Å²) < 4.78 is 1.69. The fourth-order valence-electron chi connectivity index (χ4n) is 2.00. The molecule has 3 N–H and O–H groups in total. The van der Waals surface area contributed by atoms with Gasteiger partial charge in [-0.2, -0.15) is 5.10 Å². The van der Waals surface area contributed by atoms with E-state index in [9.17, 15) is 4.79 Å². The highest BCUT2D eigenvalue weighted by molar-refractivity contribution is 7.13. The molecule has 3 aromatic rings. The lowest BCUT2D eigenvalue weighted by atomic mass is 10.3. The van der Waals surface area contributed by atoms with E-state index in [0.29, 0.717) is 17.2 Å². The molecule has 9 heteroatoms. The lowest BCUT2D eigenvalue weighted by Gasteiger charge is -2.06. The lowest BCUT2D eigenvalue weighted by Crippen LogP contribution is -2.25. The van der Waals surface area contributed by atoms with Crippen molar-refractivity contribution in [3.8, 4) is 10.7 Å². The number of hydrogen-bond acceptors (Lipinski definition) is 7. The van der Waals surface area contributed by atoms with Crippen LogP contribution in [0.1, 0.15) is 21.9 Å². The monoisotopic (exact) mass is 329 g/mol. The maximum atomic E-state index is 12.3. The quantitative estimate of drug-likeness (QED) is 0.743. The molecule has 3 aromatic heterocycles. The Morgan fingerprint density at radius 2 is 2.22 bits per heavy atom. The summed E-state index contributed by atoms with van der Waals surface area (Å²) in [6.45, 7) is 2.25. The van der Waals surface area contributed by atoms with Crippen molar-refractivity contribution in [1.29, 1.82) is 0 Å². The number of amides is 1. The second-order valence-corrected chi connectivity index (χ2v) is 5.78. The van der Waals surface area contributed by atoms with Gasteiger partial charge in [0.2, 0.25) is 5.95 Å². The van der Waals surface area contributed by atoms with Gasteiger partial charge in [0.1, 0.15) is 16.4 Å². The van der Waals surface area contributed by atoms with Gasteiger partial charge in [-0.25, -0.2) is 15.0 Å². The Balaban J connectivity index is 1.80. The number of thiazole rings is 1. The van der Waals surface area contributed by atoms with E-state index in [4.69, 9.17) is 5.73 Å². The Morgan fingerprint density at radius 3 is 2.87 bits per heavy atom. The Bertz CT molecular complexity index is 854. The van der Waals surface area contributed by atoms with E-state index in [1.165, 1.54) is 11.3 Å². The zero-order valence-corrected chi connectivity index (χ0v) is 13.5. The first kappa shape index (κ1) is 15.1. The first-order chi connectivity index (χ1) is 11.0. The molecule has 0 aromatic carbocycles. The van der Waals surface area contributed by atoms with Gasteiger partial charge in [0.25, 0.3) is 5.91 Å². The average Bonchev–Trinajstić information content (AvgIpc) is 3.13. The van der Waals surface area contributed by atoms with E-state index in [1.807, 2.05) is 25.4 Å². The predicted molar refractivity (Wildman–Crippen MR) is 86.7 cm³/mol. The molecule has 0 unspecified atom stereocenters. The van der Waals surface area contributed by atoms with Crippen molar-refractivity contribution in [3.63, 3.8) is 0 Å². The van der Waals surface area contributed by atoms with E-state index in [1.54, 1.807) is 16.9 Å². The van der Waals surface area contributed by atoms with Crippen molar-refractivity contribution in [1.82, 2.24) is 30.0 Å². The summed E-state index contributed by atoms with van der Waals surface area (Å²) in [6.07, 6.45) is 1.67. The van der Waals surface area contributed by atoms with Crippen molar-refractivity contribution in [2.45, 2.75) is 13.5 Å². The van der Waals surface area contributed by atoms with Crippen molar-refractivity contribution in [2.24, 2.45) is 7.05 Å².